The maximum Gasteiger partial charge on any atom is 0.159 e. The van der Waals surface area contributed by atoms with Crippen LogP contribution in [-0.4, -0.2) is 16.8 Å². The second-order valence-corrected chi connectivity index (χ2v) is 2.37. The minimum atomic E-state index is -1.15. The van der Waals surface area contributed by atoms with Crippen LogP contribution < -0.4 is 0 Å². The summed E-state index contributed by atoms with van der Waals surface area (Å²) in [6.45, 7) is -0.509. The summed E-state index contributed by atoms with van der Waals surface area (Å²) in [4.78, 5) is 0. The topological polar surface area (TPSA) is 40.5 Å². The molecule has 1 rings (SSSR count). The maximum atomic E-state index is 12.5. The molecular weight excluding hydrogens is 166 g/mol. The number of aliphatic hydroxyl groups is 2. The molecule has 0 unspecified atom stereocenters. The fraction of sp³-hybridized carbons (Fsp3) is 0.250. The highest BCUT2D eigenvalue weighted by atomic mass is 19.2. The molecule has 1 aromatic carbocycles. The molecule has 1 atom stereocenters. The minimum Gasteiger partial charge on any atom is -0.393 e. The zero-order chi connectivity index (χ0) is 9.14. The average Bonchev–Trinajstić information content (AvgIpc) is 2.08. The van der Waals surface area contributed by atoms with Crippen molar-refractivity contribution in [3.8, 4) is 0 Å². The predicted molar refractivity (Wildman–Crippen MR) is 38.4 cm³/mol. The first-order chi connectivity index (χ1) is 5.65. The molecule has 0 saturated carbocycles. The summed E-state index contributed by atoms with van der Waals surface area (Å²) in [5, 5.41) is 17.5. The molecule has 0 saturated heterocycles. The lowest BCUT2D eigenvalue weighted by Gasteiger charge is -2.06. The van der Waals surface area contributed by atoms with Crippen molar-refractivity contribution in [2.75, 3.05) is 6.61 Å². The van der Waals surface area contributed by atoms with E-state index in [2.05, 4.69) is 0 Å². The summed E-state index contributed by atoms with van der Waals surface area (Å²) in [5.74, 6) is -2.00. The fourth-order valence-corrected chi connectivity index (χ4v) is 0.825. The zero-order valence-corrected chi connectivity index (χ0v) is 6.17. The Hall–Kier alpha value is -1.00. The van der Waals surface area contributed by atoms with Crippen LogP contribution in [0, 0.1) is 11.6 Å². The van der Waals surface area contributed by atoms with Crippen molar-refractivity contribution in [3.63, 3.8) is 0 Å². The summed E-state index contributed by atoms with van der Waals surface area (Å²) in [6, 6.07) is 2.99. The molecule has 12 heavy (non-hydrogen) atoms. The van der Waals surface area contributed by atoms with Crippen LogP contribution in [0.4, 0.5) is 8.78 Å². The van der Waals surface area contributed by atoms with Gasteiger partial charge in [-0.15, -0.1) is 0 Å². The first-order valence-corrected chi connectivity index (χ1v) is 3.39. The predicted octanol–water partition coefficient (Wildman–Crippen LogP) is 0.990. The third-order valence-corrected chi connectivity index (χ3v) is 1.50. The molecule has 0 aliphatic heterocycles. The van der Waals surface area contributed by atoms with E-state index in [-0.39, 0.29) is 5.56 Å². The third-order valence-electron chi connectivity index (χ3n) is 1.50. The van der Waals surface area contributed by atoms with Crippen LogP contribution in [0.15, 0.2) is 18.2 Å². The van der Waals surface area contributed by atoms with E-state index in [1.807, 2.05) is 0 Å². The maximum absolute atomic E-state index is 12.5. The zero-order valence-electron chi connectivity index (χ0n) is 6.17. The van der Waals surface area contributed by atoms with E-state index in [0.29, 0.717) is 0 Å². The first-order valence-electron chi connectivity index (χ1n) is 3.39. The van der Waals surface area contributed by atoms with Gasteiger partial charge in [0.25, 0.3) is 0 Å². The summed E-state index contributed by atoms with van der Waals surface area (Å²) in [6.07, 6.45) is -1.15. The lowest BCUT2D eigenvalue weighted by atomic mass is 10.1. The molecule has 0 amide bonds. The number of halogens is 2. The monoisotopic (exact) mass is 174 g/mol. The molecule has 0 bridgehead atoms. The van der Waals surface area contributed by atoms with E-state index in [4.69, 9.17) is 10.2 Å². The van der Waals surface area contributed by atoms with Crippen LogP contribution in [0.5, 0.6) is 0 Å². The number of hydrogen-bond acceptors (Lipinski definition) is 2. The third kappa shape index (κ3) is 1.78. The van der Waals surface area contributed by atoms with Gasteiger partial charge in [0, 0.05) is 0 Å². The molecular formula is C8H8F2O2. The molecule has 66 valence electrons. The van der Waals surface area contributed by atoms with E-state index in [0.717, 1.165) is 12.1 Å². The van der Waals surface area contributed by atoms with Gasteiger partial charge in [0.05, 0.1) is 6.61 Å². The Balaban J connectivity index is 2.96. The quantitative estimate of drug-likeness (QED) is 0.701. The van der Waals surface area contributed by atoms with E-state index < -0.39 is 24.3 Å². The molecule has 0 aromatic heterocycles. The van der Waals surface area contributed by atoms with Crippen molar-refractivity contribution < 1.29 is 19.0 Å². The fourth-order valence-electron chi connectivity index (χ4n) is 0.825. The van der Waals surface area contributed by atoms with Gasteiger partial charge in [-0.3, -0.25) is 0 Å². The van der Waals surface area contributed by atoms with Crippen molar-refractivity contribution in [2.24, 2.45) is 0 Å². The van der Waals surface area contributed by atoms with E-state index in [1.54, 1.807) is 0 Å². The molecule has 4 heteroatoms. The van der Waals surface area contributed by atoms with Gasteiger partial charge in [-0.1, -0.05) is 6.07 Å². The number of rotatable bonds is 2. The van der Waals surface area contributed by atoms with Gasteiger partial charge in [0.1, 0.15) is 6.10 Å². The van der Waals surface area contributed by atoms with Gasteiger partial charge in [-0.25, -0.2) is 8.78 Å². The highest BCUT2D eigenvalue weighted by Crippen LogP contribution is 2.15. The highest BCUT2D eigenvalue weighted by Gasteiger charge is 2.08. The van der Waals surface area contributed by atoms with Crippen molar-refractivity contribution in [2.45, 2.75) is 6.10 Å². The van der Waals surface area contributed by atoms with Crippen LogP contribution >= 0.6 is 0 Å². The van der Waals surface area contributed by atoms with E-state index in [1.165, 1.54) is 6.07 Å². The van der Waals surface area contributed by atoms with Crippen LogP contribution in [-0.2, 0) is 0 Å². The van der Waals surface area contributed by atoms with E-state index in [9.17, 15) is 8.78 Å². The molecule has 0 aliphatic carbocycles. The molecule has 0 fully saturated rings. The molecule has 1 aromatic rings. The number of benzene rings is 1. The molecule has 0 heterocycles. The van der Waals surface area contributed by atoms with Crippen molar-refractivity contribution in [3.05, 3.63) is 35.4 Å². The summed E-state index contributed by atoms with van der Waals surface area (Å²) in [7, 11) is 0. The van der Waals surface area contributed by atoms with Crippen molar-refractivity contribution >= 4 is 0 Å². The van der Waals surface area contributed by atoms with Crippen LogP contribution in [0.25, 0.3) is 0 Å². The SMILES string of the molecule is OC[C@@H](O)c1ccc(F)c(F)c1. The van der Waals surface area contributed by atoms with Gasteiger partial charge in [0.15, 0.2) is 11.6 Å². The van der Waals surface area contributed by atoms with Crippen molar-refractivity contribution in [1.29, 1.82) is 0 Å². The normalized spacial score (nSPS) is 13.0. The molecule has 2 N–H and O–H groups in total. The molecule has 2 nitrogen and oxygen atoms in total. The number of hydrogen-bond donors (Lipinski definition) is 2. The smallest absolute Gasteiger partial charge is 0.159 e. The Morgan fingerprint density at radius 3 is 2.42 bits per heavy atom. The van der Waals surface area contributed by atoms with Crippen molar-refractivity contribution in [1.82, 2.24) is 0 Å². The van der Waals surface area contributed by atoms with Gasteiger partial charge < -0.3 is 10.2 Å². The van der Waals surface area contributed by atoms with Crippen LogP contribution in [0.1, 0.15) is 11.7 Å². The Morgan fingerprint density at radius 2 is 1.92 bits per heavy atom. The Morgan fingerprint density at radius 1 is 1.25 bits per heavy atom. The van der Waals surface area contributed by atoms with Gasteiger partial charge in [-0.05, 0) is 17.7 Å². The number of aliphatic hydroxyl groups excluding tert-OH is 2. The average molecular weight is 174 g/mol. The summed E-state index contributed by atoms with van der Waals surface area (Å²) in [5.41, 5.74) is 0.163. The summed E-state index contributed by atoms with van der Waals surface area (Å²) >= 11 is 0. The lowest BCUT2D eigenvalue weighted by Crippen LogP contribution is -2.03. The van der Waals surface area contributed by atoms with Gasteiger partial charge in [0.2, 0.25) is 0 Å². The second-order valence-electron chi connectivity index (χ2n) is 2.37. The Kier molecular flexibility index (Phi) is 2.73. The van der Waals surface area contributed by atoms with E-state index >= 15 is 0 Å². The molecule has 0 spiro atoms. The Labute approximate surface area is 68.1 Å². The first kappa shape index (κ1) is 9.09. The standard InChI is InChI=1S/C8H8F2O2/c9-6-2-1-5(3-7(6)10)8(12)4-11/h1-3,8,11-12H,4H2/t8-/m1/s1. The van der Waals surface area contributed by atoms with Crippen LogP contribution in [0.3, 0.4) is 0 Å². The summed E-state index contributed by atoms with van der Waals surface area (Å²) < 4.78 is 24.9. The highest BCUT2D eigenvalue weighted by molar-refractivity contribution is 5.19. The van der Waals surface area contributed by atoms with Gasteiger partial charge in [-0.2, -0.15) is 0 Å². The van der Waals surface area contributed by atoms with Crippen LogP contribution in [0.2, 0.25) is 0 Å². The molecule has 0 radical (unpaired) electrons. The minimum absolute atomic E-state index is 0.163. The lowest BCUT2D eigenvalue weighted by molar-refractivity contribution is 0.0952. The van der Waals surface area contributed by atoms with Gasteiger partial charge >= 0.3 is 0 Å². The largest absolute Gasteiger partial charge is 0.393 e. The Bertz CT molecular complexity index is 276. The second kappa shape index (κ2) is 3.60. The molecule has 0 aliphatic rings.